The van der Waals surface area contributed by atoms with Gasteiger partial charge in [-0.05, 0) is 19.8 Å². The zero-order valence-corrected chi connectivity index (χ0v) is 8.90. The molecule has 0 spiro atoms. The van der Waals surface area contributed by atoms with Crippen LogP contribution in [0, 0.1) is 0 Å². The van der Waals surface area contributed by atoms with Gasteiger partial charge in [0.15, 0.2) is 0 Å². The molecule has 0 aromatic rings. The van der Waals surface area contributed by atoms with Gasteiger partial charge in [-0.2, -0.15) is 0 Å². The quantitative estimate of drug-likeness (QED) is 0.583. The Bertz CT molecular complexity index is 97.2. The van der Waals surface area contributed by atoms with Crippen molar-refractivity contribution >= 4 is 0 Å². The fraction of sp³-hybridized carbons (Fsp3) is 1.00. The molecule has 0 aromatic carbocycles. The third kappa shape index (κ3) is 6.66. The molecule has 12 heavy (non-hydrogen) atoms. The third-order valence-electron chi connectivity index (χ3n) is 2.58. The molecule has 0 aliphatic rings. The van der Waals surface area contributed by atoms with Crippen LogP contribution in [-0.4, -0.2) is 10.7 Å². The van der Waals surface area contributed by atoms with E-state index in [-0.39, 0.29) is 0 Å². The van der Waals surface area contributed by atoms with Crippen molar-refractivity contribution in [2.75, 3.05) is 0 Å². The van der Waals surface area contributed by atoms with E-state index >= 15 is 0 Å². The molecular formula is C11H24O. The van der Waals surface area contributed by atoms with Crippen molar-refractivity contribution in [2.45, 2.75) is 71.3 Å². The molecule has 1 atom stereocenters. The topological polar surface area (TPSA) is 20.2 Å². The normalized spacial score (nSPS) is 16.0. The van der Waals surface area contributed by atoms with Crippen molar-refractivity contribution in [2.24, 2.45) is 0 Å². The van der Waals surface area contributed by atoms with Crippen LogP contribution < -0.4 is 0 Å². The van der Waals surface area contributed by atoms with Gasteiger partial charge in [0, 0.05) is 0 Å². The van der Waals surface area contributed by atoms with Gasteiger partial charge in [0.1, 0.15) is 0 Å². The van der Waals surface area contributed by atoms with Crippen molar-refractivity contribution in [3.05, 3.63) is 0 Å². The Morgan fingerprint density at radius 3 is 2.08 bits per heavy atom. The second-order valence-electron chi connectivity index (χ2n) is 4.01. The van der Waals surface area contributed by atoms with E-state index in [0.29, 0.717) is 0 Å². The van der Waals surface area contributed by atoms with Gasteiger partial charge in [-0.25, -0.2) is 0 Å². The van der Waals surface area contributed by atoms with Gasteiger partial charge in [-0.15, -0.1) is 0 Å². The van der Waals surface area contributed by atoms with Crippen LogP contribution in [0.3, 0.4) is 0 Å². The van der Waals surface area contributed by atoms with E-state index in [0.717, 1.165) is 12.8 Å². The molecule has 0 bridgehead atoms. The highest BCUT2D eigenvalue weighted by molar-refractivity contribution is 4.69. The lowest BCUT2D eigenvalue weighted by atomic mass is 9.95. The molecule has 0 saturated heterocycles. The molecule has 0 radical (unpaired) electrons. The maximum absolute atomic E-state index is 9.68. The monoisotopic (exact) mass is 172 g/mol. The molecule has 1 heteroatoms. The summed E-state index contributed by atoms with van der Waals surface area (Å²) in [6.07, 6.45) is 8.27. The van der Waals surface area contributed by atoms with Gasteiger partial charge < -0.3 is 5.11 Å². The molecule has 0 aliphatic heterocycles. The summed E-state index contributed by atoms with van der Waals surface area (Å²) >= 11 is 0. The Hall–Kier alpha value is -0.0400. The molecule has 1 N–H and O–H groups in total. The summed E-state index contributed by atoms with van der Waals surface area (Å²) in [7, 11) is 0. The highest BCUT2D eigenvalue weighted by Crippen LogP contribution is 2.18. The molecule has 0 rings (SSSR count). The van der Waals surface area contributed by atoms with Crippen LogP contribution in [0.2, 0.25) is 0 Å². The minimum absolute atomic E-state index is 0.411. The molecule has 0 aliphatic carbocycles. The van der Waals surface area contributed by atoms with E-state index in [1.54, 1.807) is 0 Å². The first-order valence-corrected chi connectivity index (χ1v) is 5.34. The number of hydrogen-bond acceptors (Lipinski definition) is 1. The van der Waals surface area contributed by atoms with Gasteiger partial charge in [0.2, 0.25) is 0 Å². The second-order valence-corrected chi connectivity index (χ2v) is 4.01. The average molecular weight is 172 g/mol. The summed E-state index contributed by atoms with van der Waals surface area (Å²) in [5.41, 5.74) is -0.411. The lowest BCUT2D eigenvalue weighted by Gasteiger charge is -2.20. The van der Waals surface area contributed by atoms with Gasteiger partial charge in [-0.1, -0.05) is 46.0 Å². The Morgan fingerprint density at radius 1 is 1.00 bits per heavy atom. The number of hydrogen-bond donors (Lipinski definition) is 1. The second kappa shape index (κ2) is 6.47. The summed E-state index contributed by atoms with van der Waals surface area (Å²) in [5, 5.41) is 9.68. The smallest absolute Gasteiger partial charge is 0.0617 e. The summed E-state index contributed by atoms with van der Waals surface area (Å²) in [6, 6.07) is 0. The van der Waals surface area contributed by atoms with Crippen molar-refractivity contribution in [3.8, 4) is 0 Å². The molecule has 0 saturated carbocycles. The predicted octanol–water partition coefficient (Wildman–Crippen LogP) is 3.51. The molecule has 0 unspecified atom stereocenters. The zero-order chi connectivity index (χ0) is 9.45. The fourth-order valence-corrected chi connectivity index (χ4v) is 1.29. The predicted molar refractivity (Wildman–Crippen MR) is 54.3 cm³/mol. The Balaban J connectivity index is 3.19. The van der Waals surface area contributed by atoms with Crippen LogP contribution in [0.4, 0.5) is 0 Å². The highest BCUT2D eigenvalue weighted by atomic mass is 16.3. The van der Waals surface area contributed by atoms with Crippen LogP contribution in [0.15, 0.2) is 0 Å². The number of aliphatic hydroxyl groups is 1. The number of rotatable bonds is 7. The molecule has 0 amide bonds. The van der Waals surface area contributed by atoms with Crippen molar-refractivity contribution < 1.29 is 5.11 Å². The lowest BCUT2D eigenvalue weighted by molar-refractivity contribution is 0.0442. The van der Waals surface area contributed by atoms with Gasteiger partial charge in [0.25, 0.3) is 0 Å². The van der Waals surface area contributed by atoms with E-state index in [1.165, 1.54) is 32.1 Å². The summed E-state index contributed by atoms with van der Waals surface area (Å²) in [6.45, 7) is 6.21. The van der Waals surface area contributed by atoms with Gasteiger partial charge in [0.05, 0.1) is 5.60 Å². The van der Waals surface area contributed by atoms with Crippen LogP contribution >= 0.6 is 0 Å². The lowest BCUT2D eigenvalue weighted by Crippen LogP contribution is -2.22. The maximum atomic E-state index is 9.68. The molecule has 74 valence electrons. The fourth-order valence-electron chi connectivity index (χ4n) is 1.29. The van der Waals surface area contributed by atoms with Crippen LogP contribution in [0.25, 0.3) is 0 Å². The summed E-state index contributed by atoms with van der Waals surface area (Å²) in [4.78, 5) is 0. The largest absolute Gasteiger partial charge is 0.390 e. The molecular weight excluding hydrogens is 148 g/mol. The van der Waals surface area contributed by atoms with E-state index in [2.05, 4.69) is 6.92 Å². The first-order valence-electron chi connectivity index (χ1n) is 5.34. The minimum atomic E-state index is -0.411. The third-order valence-corrected chi connectivity index (χ3v) is 2.58. The number of unbranched alkanes of at least 4 members (excludes halogenated alkanes) is 4. The minimum Gasteiger partial charge on any atom is -0.390 e. The van der Waals surface area contributed by atoms with Gasteiger partial charge >= 0.3 is 0 Å². The average Bonchev–Trinajstić information content (AvgIpc) is 2.04. The Labute approximate surface area is 77.2 Å². The standard InChI is InChI=1S/C11H24O/c1-4-6-7-8-9-10-11(3,12)5-2/h12H,4-10H2,1-3H3/t11-/m1/s1. The first-order chi connectivity index (χ1) is 5.62. The van der Waals surface area contributed by atoms with E-state index in [9.17, 15) is 5.11 Å². The van der Waals surface area contributed by atoms with Crippen molar-refractivity contribution in [1.29, 1.82) is 0 Å². The van der Waals surface area contributed by atoms with E-state index in [1.807, 2.05) is 13.8 Å². The zero-order valence-electron chi connectivity index (χ0n) is 8.90. The Kier molecular flexibility index (Phi) is 6.45. The van der Waals surface area contributed by atoms with Crippen LogP contribution in [-0.2, 0) is 0 Å². The van der Waals surface area contributed by atoms with Crippen LogP contribution in [0.1, 0.15) is 65.7 Å². The van der Waals surface area contributed by atoms with Crippen LogP contribution in [0.5, 0.6) is 0 Å². The summed E-state index contributed by atoms with van der Waals surface area (Å²) < 4.78 is 0. The molecule has 0 fully saturated rings. The Morgan fingerprint density at radius 2 is 1.58 bits per heavy atom. The first kappa shape index (κ1) is 12.0. The molecule has 0 heterocycles. The highest BCUT2D eigenvalue weighted by Gasteiger charge is 2.15. The van der Waals surface area contributed by atoms with E-state index in [4.69, 9.17) is 0 Å². The van der Waals surface area contributed by atoms with Gasteiger partial charge in [-0.3, -0.25) is 0 Å². The SMILES string of the molecule is CCCCCCC[C@](C)(O)CC. The maximum Gasteiger partial charge on any atom is 0.0617 e. The van der Waals surface area contributed by atoms with E-state index < -0.39 is 5.60 Å². The summed E-state index contributed by atoms with van der Waals surface area (Å²) in [5.74, 6) is 0. The molecule has 1 nitrogen and oxygen atoms in total. The van der Waals surface area contributed by atoms with Crippen molar-refractivity contribution in [1.82, 2.24) is 0 Å². The van der Waals surface area contributed by atoms with Crippen molar-refractivity contribution in [3.63, 3.8) is 0 Å². The molecule has 0 aromatic heterocycles.